The molecule has 1 aliphatic heterocycles. The van der Waals surface area contributed by atoms with Gasteiger partial charge < -0.3 is 10.4 Å². The Balaban J connectivity index is 1.85. The van der Waals surface area contributed by atoms with E-state index in [1.165, 1.54) is 11.8 Å². The molecule has 128 valence electrons. The summed E-state index contributed by atoms with van der Waals surface area (Å²) in [7, 11) is 0. The molecule has 0 aliphatic carbocycles. The minimum atomic E-state index is -1.16. The monoisotopic (exact) mass is 338 g/mol. The van der Waals surface area contributed by atoms with E-state index in [1.54, 1.807) is 42.5 Å². The Labute approximate surface area is 145 Å². The highest BCUT2D eigenvalue weighted by Gasteiger charge is 2.38. The molecular formula is C19H18N2O4. The summed E-state index contributed by atoms with van der Waals surface area (Å²) in [5.74, 6) is -1.89. The van der Waals surface area contributed by atoms with Crippen molar-refractivity contribution in [3.05, 3.63) is 65.7 Å². The van der Waals surface area contributed by atoms with Crippen molar-refractivity contribution in [3.63, 3.8) is 0 Å². The molecule has 0 aromatic heterocycles. The topological polar surface area (TPSA) is 86.7 Å². The molecule has 0 bridgehead atoms. The van der Waals surface area contributed by atoms with Crippen LogP contribution in [0.15, 0.2) is 54.6 Å². The molecule has 3 rings (SSSR count). The fraction of sp³-hybridized carbons (Fsp3) is 0.211. The van der Waals surface area contributed by atoms with Crippen molar-refractivity contribution in [2.45, 2.75) is 25.4 Å². The average Bonchev–Trinajstić information content (AvgIpc) is 2.99. The molecule has 6 nitrogen and oxygen atoms in total. The van der Waals surface area contributed by atoms with Crippen LogP contribution >= 0.6 is 0 Å². The predicted octanol–water partition coefficient (Wildman–Crippen LogP) is 1.91. The molecule has 0 saturated carbocycles. The minimum absolute atomic E-state index is 0.253. The van der Waals surface area contributed by atoms with E-state index >= 15 is 0 Å². The third-order valence-electron chi connectivity index (χ3n) is 4.28. The highest BCUT2D eigenvalue weighted by Crippen LogP contribution is 2.32. The number of carboxylic acid groups (broad SMARTS) is 1. The number of benzene rings is 2. The summed E-state index contributed by atoms with van der Waals surface area (Å²) < 4.78 is 0. The Morgan fingerprint density at radius 1 is 1.08 bits per heavy atom. The van der Waals surface area contributed by atoms with Crippen molar-refractivity contribution in [2.75, 3.05) is 4.90 Å². The van der Waals surface area contributed by atoms with Crippen LogP contribution in [0.25, 0.3) is 0 Å². The second kappa shape index (κ2) is 6.76. The molecule has 0 radical (unpaired) electrons. The maximum absolute atomic E-state index is 12.7. The van der Waals surface area contributed by atoms with Crippen LogP contribution in [0.1, 0.15) is 24.1 Å². The average molecular weight is 338 g/mol. The van der Waals surface area contributed by atoms with Gasteiger partial charge in [0.05, 0.1) is 0 Å². The van der Waals surface area contributed by atoms with Crippen molar-refractivity contribution in [2.24, 2.45) is 0 Å². The molecule has 0 spiro atoms. The van der Waals surface area contributed by atoms with Gasteiger partial charge in [-0.3, -0.25) is 14.5 Å². The standard InChI is InChI=1S/C19H18N2O4/c1-12(22)21-15-10-6-5-9-14(15)11-16(21)18(23)20-17(19(24)25)13-7-3-2-4-8-13/h2-10,16-17H,11H2,1H3,(H,20,23)(H,24,25)/t16-,17+/m0/s1. The first kappa shape index (κ1) is 16.7. The molecule has 0 saturated heterocycles. The number of rotatable bonds is 4. The maximum Gasteiger partial charge on any atom is 0.330 e. The minimum Gasteiger partial charge on any atom is -0.479 e. The van der Waals surface area contributed by atoms with E-state index in [9.17, 15) is 19.5 Å². The summed E-state index contributed by atoms with van der Waals surface area (Å²) in [6.07, 6.45) is 0.364. The smallest absolute Gasteiger partial charge is 0.330 e. The van der Waals surface area contributed by atoms with E-state index in [0.717, 1.165) is 5.56 Å². The Bertz CT molecular complexity index is 819. The number of aliphatic carboxylic acids is 1. The fourth-order valence-electron chi connectivity index (χ4n) is 3.16. The lowest BCUT2D eigenvalue weighted by molar-refractivity contribution is -0.142. The molecule has 0 fully saturated rings. The van der Waals surface area contributed by atoms with E-state index in [4.69, 9.17) is 0 Å². The van der Waals surface area contributed by atoms with Gasteiger partial charge in [-0.15, -0.1) is 0 Å². The van der Waals surface area contributed by atoms with Crippen LogP contribution in [0.5, 0.6) is 0 Å². The van der Waals surface area contributed by atoms with Crippen LogP contribution < -0.4 is 10.2 Å². The van der Waals surface area contributed by atoms with Crippen LogP contribution in [0.2, 0.25) is 0 Å². The van der Waals surface area contributed by atoms with Gasteiger partial charge in [0.15, 0.2) is 6.04 Å². The van der Waals surface area contributed by atoms with Crippen LogP contribution in [0.4, 0.5) is 5.69 Å². The lowest BCUT2D eigenvalue weighted by Gasteiger charge is -2.25. The highest BCUT2D eigenvalue weighted by molar-refractivity contribution is 6.03. The Morgan fingerprint density at radius 3 is 2.36 bits per heavy atom. The van der Waals surface area contributed by atoms with Gasteiger partial charge in [-0.2, -0.15) is 0 Å². The van der Waals surface area contributed by atoms with Crippen molar-refractivity contribution < 1.29 is 19.5 Å². The Morgan fingerprint density at radius 2 is 1.72 bits per heavy atom. The third kappa shape index (κ3) is 3.24. The zero-order valence-electron chi connectivity index (χ0n) is 13.7. The van der Waals surface area contributed by atoms with Crippen molar-refractivity contribution >= 4 is 23.5 Å². The molecular weight excluding hydrogens is 320 g/mol. The summed E-state index contributed by atoms with van der Waals surface area (Å²) in [6, 6.07) is 13.9. The number of carboxylic acids is 1. The first-order valence-corrected chi connectivity index (χ1v) is 7.95. The molecule has 2 aromatic carbocycles. The number of carbonyl (C=O) groups is 3. The number of amides is 2. The van der Waals surface area contributed by atoms with Crippen LogP contribution in [0.3, 0.4) is 0 Å². The van der Waals surface area contributed by atoms with Gasteiger partial charge in [0.25, 0.3) is 0 Å². The van der Waals surface area contributed by atoms with E-state index in [2.05, 4.69) is 5.32 Å². The number of hydrogen-bond donors (Lipinski definition) is 2. The first-order valence-electron chi connectivity index (χ1n) is 7.95. The second-order valence-corrected chi connectivity index (χ2v) is 5.93. The quantitative estimate of drug-likeness (QED) is 0.891. The van der Waals surface area contributed by atoms with Gasteiger partial charge >= 0.3 is 5.97 Å². The molecule has 2 N–H and O–H groups in total. The number of nitrogens with zero attached hydrogens (tertiary/aromatic N) is 1. The maximum atomic E-state index is 12.7. The van der Waals surface area contributed by atoms with E-state index in [1.807, 2.05) is 12.1 Å². The number of nitrogens with one attached hydrogen (secondary N) is 1. The number of para-hydroxylation sites is 1. The van der Waals surface area contributed by atoms with Crippen molar-refractivity contribution in [3.8, 4) is 0 Å². The Kier molecular flexibility index (Phi) is 4.52. The fourth-order valence-corrected chi connectivity index (χ4v) is 3.16. The summed E-state index contributed by atoms with van der Waals surface area (Å²) in [5, 5.41) is 12.0. The van der Waals surface area contributed by atoms with Crippen LogP contribution in [-0.2, 0) is 20.8 Å². The lowest BCUT2D eigenvalue weighted by atomic mass is 10.1. The Hall–Kier alpha value is -3.15. The first-order chi connectivity index (χ1) is 12.0. The van der Waals surface area contributed by atoms with Crippen molar-refractivity contribution in [1.82, 2.24) is 5.32 Å². The SMILES string of the molecule is CC(=O)N1c2ccccc2C[C@H]1C(=O)N[C@@H](C(=O)O)c1ccccc1. The lowest BCUT2D eigenvalue weighted by Crippen LogP contribution is -2.49. The van der Waals surface area contributed by atoms with Gasteiger partial charge in [-0.1, -0.05) is 48.5 Å². The normalized spacial score (nSPS) is 16.8. The molecule has 0 unspecified atom stereocenters. The molecule has 2 atom stereocenters. The predicted molar refractivity (Wildman–Crippen MR) is 92.1 cm³/mol. The van der Waals surface area contributed by atoms with E-state index in [-0.39, 0.29) is 5.91 Å². The van der Waals surface area contributed by atoms with Gasteiger partial charge in [-0.25, -0.2) is 4.79 Å². The number of hydrogen-bond acceptors (Lipinski definition) is 3. The molecule has 1 aliphatic rings. The summed E-state index contributed by atoms with van der Waals surface area (Å²) in [6.45, 7) is 1.40. The summed E-state index contributed by atoms with van der Waals surface area (Å²) >= 11 is 0. The number of anilines is 1. The van der Waals surface area contributed by atoms with E-state index < -0.39 is 24.0 Å². The molecule has 2 amide bonds. The van der Waals surface area contributed by atoms with Crippen molar-refractivity contribution in [1.29, 1.82) is 0 Å². The van der Waals surface area contributed by atoms with Gasteiger partial charge in [0, 0.05) is 19.0 Å². The molecule has 1 heterocycles. The largest absolute Gasteiger partial charge is 0.479 e. The number of carbonyl (C=O) groups excluding carboxylic acids is 2. The van der Waals surface area contributed by atoms with Crippen LogP contribution in [0, 0.1) is 0 Å². The zero-order valence-corrected chi connectivity index (χ0v) is 13.7. The second-order valence-electron chi connectivity index (χ2n) is 5.93. The van der Waals surface area contributed by atoms with Gasteiger partial charge in [0.1, 0.15) is 6.04 Å². The van der Waals surface area contributed by atoms with E-state index in [0.29, 0.717) is 17.7 Å². The molecule has 6 heteroatoms. The summed E-state index contributed by atoms with van der Waals surface area (Å²) in [4.78, 5) is 37.8. The summed E-state index contributed by atoms with van der Waals surface area (Å²) in [5.41, 5.74) is 2.07. The highest BCUT2D eigenvalue weighted by atomic mass is 16.4. The van der Waals surface area contributed by atoms with Crippen LogP contribution in [-0.4, -0.2) is 28.9 Å². The van der Waals surface area contributed by atoms with Gasteiger partial charge in [-0.05, 0) is 17.2 Å². The molecule has 25 heavy (non-hydrogen) atoms. The van der Waals surface area contributed by atoms with Gasteiger partial charge in [0.2, 0.25) is 11.8 Å². The number of fused-ring (bicyclic) bond motifs is 1. The zero-order chi connectivity index (χ0) is 18.0. The molecule has 2 aromatic rings. The third-order valence-corrected chi connectivity index (χ3v) is 4.28.